The van der Waals surface area contributed by atoms with E-state index in [1.54, 1.807) is 0 Å². The molecule has 0 unspecified atom stereocenters. The van der Waals surface area contributed by atoms with E-state index in [-0.39, 0.29) is 29.6 Å². The van der Waals surface area contributed by atoms with Crippen molar-refractivity contribution in [1.29, 1.82) is 0 Å². The molecule has 0 radical (unpaired) electrons. The van der Waals surface area contributed by atoms with Gasteiger partial charge in [-0.2, -0.15) is 70.2 Å². The fraction of sp³-hybridized carbons (Fsp3) is 0.889. The number of hydrogen-bond donors (Lipinski definition) is 0. The van der Waals surface area contributed by atoms with Gasteiger partial charge in [-0.25, -0.2) is 0 Å². The zero-order chi connectivity index (χ0) is 23.6. The molecule has 0 amide bonds. The zero-order valence-electron chi connectivity index (χ0n) is 12.7. The van der Waals surface area contributed by atoms with Crippen LogP contribution in [-0.4, -0.2) is 52.8 Å². The summed E-state index contributed by atoms with van der Waals surface area (Å²) in [6.07, 6.45) is 0. The summed E-state index contributed by atoms with van der Waals surface area (Å²) in [7, 11) is 0. The molecule has 0 aromatic carbocycles. The van der Waals surface area contributed by atoms with Crippen LogP contribution in [0.15, 0.2) is 0 Å². The molecule has 29 heavy (non-hydrogen) atoms. The fourth-order valence-corrected chi connectivity index (χ4v) is 1.41. The van der Waals surface area contributed by atoms with E-state index in [4.69, 9.17) is 0 Å². The van der Waals surface area contributed by atoms with E-state index >= 15 is 0 Å². The summed E-state index contributed by atoms with van der Waals surface area (Å²) in [6.45, 7) is 0. The Morgan fingerprint density at radius 2 is 0.724 bits per heavy atom. The van der Waals surface area contributed by atoms with Gasteiger partial charge in [0.05, 0.1) is 0 Å². The quantitative estimate of drug-likeness (QED) is 0.283. The van der Waals surface area contributed by atoms with Gasteiger partial charge in [-0.3, -0.25) is 0 Å². The van der Waals surface area contributed by atoms with Crippen LogP contribution in [0.25, 0.3) is 0 Å². The van der Waals surface area contributed by atoms with E-state index in [2.05, 4.69) is 11.6 Å². The van der Waals surface area contributed by atoms with Crippen molar-refractivity contribution in [3.05, 3.63) is 0 Å². The molecule has 0 atom stereocenters. The van der Waals surface area contributed by atoms with E-state index in [1.807, 2.05) is 0 Å². The Labute approximate surface area is 174 Å². The van der Waals surface area contributed by atoms with E-state index in [0.29, 0.717) is 0 Å². The molecule has 168 valence electrons. The standard InChI is InChI=1S/C9HClF16O2.Na/c10-9(25,26)8(23,24)7(21,22)6(19,20)5(17,18)4(15,16)3(13,14)2(11,12)1(27)28;/h(H,27,28);/q;+1/p-1. The summed E-state index contributed by atoms with van der Waals surface area (Å²) in [4.78, 5) is 9.69. The molecule has 0 aliphatic heterocycles. The maximum atomic E-state index is 13.1. The molecule has 0 fully saturated rings. The molecule has 0 saturated heterocycles. The Bertz CT molecular complexity index is 626. The van der Waals surface area contributed by atoms with Crippen molar-refractivity contribution in [2.24, 2.45) is 0 Å². The summed E-state index contributed by atoms with van der Waals surface area (Å²) in [5, 5.41) is 2.81. The van der Waals surface area contributed by atoms with Crippen molar-refractivity contribution < 1.29 is 110 Å². The SMILES string of the molecule is O=C([O-])C(F)(F)C(F)(F)C(F)(F)C(F)(F)C(F)(F)C(F)(F)C(F)(F)C(F)(F)Cl.[Na+]. The van der Waals surface area contributed by atoms with Crippen molar-refractivity contribution in [1.82, 2.24) is 0 Å². The van der Waals surface area contributed by atoms with Crippen LogP contribution < -0.4 is 34.7 Å². The number of aliphatic carboxylic acids is 1. The Hall–Kier alpha value is -0.360. The van der Waals surface area contributed by atoms with Crippen LogP contribution in [0.5, 0.6) is 0 Å². The van der Waals surface area contributed by atoms with E-state index in [9.17, 15) is 80.1 Å². The molecular weight excluding hydrogens is 503 g/mol. The van der Waals surface area contributed by atoms with Crippen molar-refractivity contribution in [2.75, 3.05) is 0 Å². The number of hydrogen-bond acceptors (Lipinski definition) is 2. The first-order chi connectivity index (χ1) is 11.7. The molecule has 0 N–H and O–H groups in total. The van der Waals surface area contributed by atoms with Crippen molar-refractivity contribution in [2.45, 2.75) is 46.8 Å². The molecule has 20 heteroatoms. The van der Waals surface area contributed by atoms with Gasteiger partial charge in [0.15, 0.2) is 0 Å². The topological polar surface area (TPSA) is 40.1 Å². The second-order valence-electron chi connectivity index (χ2n) is 4.81. The predicted molar refractivity (Wildman–Crippen MR) is 50.4 cm³/mol. The van der Waals surface area contributed by atoms with Crippen LogP contribution in [-0.2, 0) is 4.79 Å². The second-order valence-corrected chi connectivity index (χ2v) is 5.28. The molecule has 0 bridgehead atoms. The van der Waals surface area contributed by atoms with Gasteiger partial charge in [0.25, 0.3) is 0 Å². The summed E-state index contributed by atoms with van der Waals surface area (Å²) in [5.74, 6) is -62.3. The van der Waals surface area contributed by atoms with Gasteiger partial charge in [-0.15, -0.1) is 0 Å². The summed E-state index contributed by atoms with van der Waals surface area (Å²) in [6, 6.07) is 0. The summed E-state index contributed by atoms with van der Waals surface area (Å²) in [5.41, 5.74) is 0. The third-order valence-electron chi connectivity index (χ3n) is 2.98. The Morgan fingerprint density at radius 3 is 0.931 bits per heavy atom. The first-order valence-electron chi connectivity index (χ1n) is 5.62. The molecule has 0 aliphatic rings. The molecule has 0 aromatic heterocycles. The number of alkyl halides is 17. The monoisotopic (exact) mass is 502 g/mol. The van der Waals surface area contributed by atoms with Gasteiger partial charge >= 0.3 is 76.4 Å². The van der Waals surface area contributed by atoms with E-state index < -0.39 is 52.8 Å². The maximum Gasteiger partial charge on any atom is 1.00 e. The van der Waals surface area contributed by atoms with Gasteiger partial charge in [0.2, 0.25) is 0 Å². The van der Waals surface area contributed by atoms with Crippen molar-refractivity contribution in [3.8, 4) is 0 Å². The van der Waals surface area contributed by atoms with Gasteiger partial charge in [-0.05, 0) is 11.6 Å². The van der Waals surface area contributed by atoms with E-state index in [1.165, 1.54) is 0 Å². The van der Waals surface area contributed by atoms with Gasteiger partial charge < -0.3 is 9.90 Å². The molecular formula is C9ClF16NaO2. The summed E-state index contributed by atoms with van der Waals surface area (Å²) < 4.78 is 204. The Morgan fingerprint density at radius 1 is 0.517 bits per heavy atom. The van der Waals surface area contributed by atoms with Crippen LogP contribution >= 0.6 is 11.6 Å². The van der Waals surface area contributed by atoms with Gasteiger partial charge in [0, 0.05) is 0 Å². The molecule has 0 aromatic rings. The third-order valence-corrected chi connectivity index (χ3v) is 3.22. The molecule has 0 heterocycles. The van der Waals surface area contributed by atoms with Crippen LogP contribution in [0.2, 0.25) is 0 Å². The first-order valence-corrected chi connectivity index (χ1v) is 6.00. The third kappa shape index (κ3) is 3.86. The number of carboxylic acid groups (broad SMARTS) is 1. The minimum atomic E-state index is -8.68. The molecule has 0 aliphatic carbocycles. The number of carbonyl (C=O) groups is 1. The molecule has 0 rings (SSSR count). The average molecular weight is 503 g/mol. The van der Waals surface area contributed by atoms with Crippen LogP contribution in [0.1, 0.15) is 0 Å². The summed E-state index contributed by atoms with van der Waals surface area (Å²) >= 11 is 3.30. The number of halogens is 17. The van der Waals surface area contributed by atoms with E-state index in [0.717, 1.165) is 0 Å². The average Bonchev–Trinajstić information content (AvgIpc) is 2.44. The molecule has 0 saturated carbocycles. The number of rotatable bonds is 8. The smallest absolute Gasteiger partial charge is 0.544 e. The Kier molecular flexibility index (Phi) is 8.13. The van der Waals surface area contributed by atoms with Crippen molar-refractivity contribution in [3.63, 3.8) is 0 Å². The molecule has 0 spiro atoms. The normalized spacial score (nSPS) is 15.8. The Balaban J connectivity index is 0. The zero-order valence-corrected chi connectivity index (χ0v) is 15.5. The van der Waals surface area contributed by atoms with Crippen molar-refractivity contribution >= 4 is 17.6 Å². The number of carbonyl (C=O) groups excluding carboxylic acids is 1. The van der Waals surface area contributed by atoms with Gasteiger partial charge in [0.1, 0.15) is 5.97 Å². The van der Waals surface area contributed by atoms with Crippen LogP contribution in [0, 0.1) is 0 Å². The van der Waals surface area contributed by atoms with Crippen LogP contribution in [0.3, 0.4) is 0 Å². The first kappa shape index (κ1) is 30.8. The molecule has 2 nitrogen and oxygen atoms in total. The van der Waals surface area contributed by atoms with Crippen LogP contribution in [0.4, 0.5) is 70.2 Å². The largest absolute Gasteiger partial charge is 1.00 e. The van der Waals surface area contributed by atoms with Gasteiger partial charge in [-0.1, -0.05) is 0 Å². The number of carboxylic acids is 1. The second kappa shape index (κ2) is 7.65. The fourth-order valence-electron chi connectivity index (χ4n) is 1.29. The maximum absolute atomic E-state index is 13.1. The predicted octanol–water partition coefficient (Wildman–Crippen LogP) is 1.02. The minimum Gasteiger partial charge on any atom is -0.544 e. The minimum absolute atomic E-state index is 0.